The molecule has 0 spiro atoms. The third-order valence-corrected chi connectivity index (χ3v) is 3.73. The average molecular weight is 264 g/mol. The van der Waals surface area contributed by atoms with Crippen molar-refractivity contribution in [2.45, 2.75) is 58.3 Å². The molecule has 1 rings (SSSR count). The number of ether oxygens (including phenoxy) is 1. The zero-order valence-electron chi connectivity index (χ0n) is 12.5. The van der Waals surface area contributed by atoms with Gasteiger partial charge in [0.25, 0.3) is 0 Å². The maximum absolute atomic E-state index is 12.2. The van der Waals surface area contributed by atoms with Gasteiger partial charge in [-0.25, -0.2) is 0 Å². The van der Waals surface area contributed by atoms with Gasteiger partial charge in [-0.2, -0.15) is 0 Å². The summed E-state index contributed by atoms with van der Waals surface area (Å²) in [5, 5.41) is 0. The molecule has 0 saturated carbocycles. The van der Waals surface area contributed by atoms with Crippen LogP contribution in [0.4, 0.5) is 0 Å². The number of carbonyl (C=O) groups excluding carboxylic acids is 1. The number of carbonyl (C=O) groups is 1. The molecule has 108 valence electrons. The van der Waals surface area contributed by atoms with Crippen LogP contribution in [-0.4, -0.2) is 19.5 Å². The molecule has 1 unspecified atom stereocenters. The predicted molar refractivity (Wildman–Crippen MR) is 80.2 cm³/mol. The molecule has 1 aliphatic rings. The molecule has 0 heterocycles. The molecule has 19 heavy (non-hydrogen) atoms. The SMILES string of the molecule is CCCCCCCCC(=O)C1C=CC=C1CCOC. The lowest BCUT2D eigenvalue weighted by molar-refractivity contribution is -0.120. The summed E-state index contributed by atoms with van der Waals surface area (Å²) in [5.74, 6) is 0.414. The summed E-state index contributed by atoms with van der Waals surface area (Å²) in [5.41, 5.74) is 1.22. The normalized spacial score (nSPS) is 17.8. The highest BCUT2D eigenvalue weighted by atomic mass is 16.5. The summed E-state index contributed by atoms with van der Waals surface area (Å²) < 4.78 is 5.09. The van der Waals surface area contributed by atoms with Crippen molar-refractivity contribution < 1.29 is 9.53 Å². The van der Waals surface area contributed by atoms with Gasteiger partial charge in [0.1, 0.15) is 5.78 Å². The number of unbranched alkanes of at least 4 members (excludes halogenated alkanes) is 5. The van der Waals surface area contributed by atoms with E-state index in [1.807, 2.05) is 12.2 Å². The van der Waals surface area contributed by atoms with Crippen molar-refractivity contribution in [3.05, 3.63) is 23.8 Å². The first-order valence-corrected chi connectivity index (χ1v) is 7.68. The number of ketones is 1. The van der Waals surface area contributed by atoms with E-state index in [1.54, 1.807) is 7.11 Å². The van der Waals surface area contributed by atoms with E-state index in [4.69, 9.17) is 4.74 Å². The van der Waals surface area contributed by atoms with E-state index < -0.39 is 0 Å². The van der Waals surface area contributed by atoms with E-state index in [-0.39, 0.29) is 5.92 Å². The number of hydrogen-bond acceptors (Lipinski definition) is 2. The summed E-state index contributed by atoms with van der Waals surface area (Å²) in [6.07, 6.45) is 15.1. The average Bonchev–Trinajstić information content (AvgIpc) is 2.88. The standard InChI is InChI=1S/C17H28O2/c1-3-4-5-6-7-8-12-17(18)16-11-9-10-15(16)13-14-19-2/h9-11,16H,3-8,12-14H2,1-2H3. The molecule has 0 aromatic carbocycles. The van der Waals surface area contributed by atoms with Gasteiger partial charge in [0, 0.05) is 20.1 Å². The molecule has 2 nitrogen and oxygen atoms in total. The first-order valence-electron chi connectivity index (χ1n) is 7.68. The molecule has 0 saturated heterocycles. The second-order valence-corrected chi connectivity index (χ2v) is 5.33. The lowest BCUT2D eigenvalue weighted by Gasteiger charge is -2.12. The van der Waals surface area contributed by atoms with Crippen LogP contribution in [0.5, 0.6) is 0 Å². The van der Waals surface area contributed by atoms with Crippen LogP contribution in [0.3, 0.4) is 0 Å². The predicted octanol–water partition coefficient (Wildman–Crippen LogP) is 4.46. The smallest absolute Gasteiger partial charge is 0.143 e. The summed E-state index contributed by atoms with van der Waals surface area (Å²) in [6.45, 7) is 2.93. The Morgan fingerprint density at radius 2 is 1.95 bits per heavy atom. The molecule has 0 radical (unpaired) electrons. The van der Waals surface area contributed by atoms with Crippen LogP contribution in [0, 0.1) is 5.92 Å². The Morgan fingerprint density at radius 3 is 2.68 bits per heavy atom. The van der Waals surface area contributed by atoms with Crippen LogP contribution in [0.15, 0.2) is 23.8 Å². The van der Waals surface area contributed by atoms with Crippen LogP contribution in [0.2, 0.25) is 0 Å². The minimum atomic E-state index is 0.0331. The summed E-state index contributed by atoms with van der Waals surface area (Å²) in [6, 6.07) is 0. The highest BCUT2D eigenvalue weighted by Gasteiger charge is 2.21. The van der Waals surface area contributed by atoms with E-state index >= 15 is 0 Å². The van der Waals surface area contributed by atoms with Crippen molar-refractivity contribution in [3.63, 3.8) is 0 Å². The Morgan fingerprint density at radius 1 is 1.21 bits per heavy atom. The van der Waals surface area contributed by atoms with Crippen LogP contribution in [0.25, 0.3) is 0 Å². The monoisotopic (exact) mass is 264 g/mol. The van der Waals surface area contributed by atoms with Gasteiger partial charge in [-0.3, -0.25) is 4.79 Å². The third-order valence-electron chi connectivity index (χ3n) is 3.73. The number of rotatable bonds is 11. The maximum Gasteiger partial charge on any atom is 0.143 e. The fourth-order valence-electron chi connectivity index (χ4n) is 2.53. The van der Waals surface area contributed by atoms with Crippen LogP contribution in [0.1, 0.15) is 58.3 Å². The third kappa shape index (κ3) is 6.20. The largest absolute Gasteiger partial charge is 0.384 e. The van der Waals surface area contributed by atoms with Crippen molar-refractivity contribution in [2.75, 3.05) is 13.7 Å². The first kappa shape index (κ1) is 16.2. The number of hydrogen-bond donors (Lipinski definition) is 0. The van der Waals surface area contributed by atoms with Gasteiger partial charge in [0.05, 0.1) is 5.92 Å². The highest BCUT2D eigenvalue weighted by Crippen LogP contribution is 2.25. The van der Waals surface area contributed by atoms with Gasteiger partial charge in [-0.15, -0.1) is 0 Å². The molecule has 0 N–H and O–H groups in total. The molecule has 0 fully saturated rings. The molecule has 0 aliphatic heterocycles. The van der Waals surface area contributed by atoms with E-state index in [0.717, 1.165) is 19.3 Å². The van der Waals surface area contributed by atoms with Crippen molar-refractivity contribution in [1.82, 2.24) is 0 Å². The van der Waals surface area contributed by atoms with Crippen molar-refractivity contribution in [3.8, 4) is 0 Å². The minimum absolute atomic E-state index is 0.0331. The molecular weight excluding hydrogens is 236 g/mol. The Balaban J connectivity index is 2.18. The molecule has 2 heteroatoms. The molecular formula is C17H28O2. The quantitative estimate of drug-likeness (QED) is 0.515. The van der Waals surface area contributed by atoms with Gasteiger partial charge in [-0.05, 0) is 12.8 Å². The first-order chi connectivity index (χ1) is 9.29. The van der Waals surface area contributed by atoms with Crippen LogP contribution in [-0.2, 0) is 9.53 Å². The van der Waals surface area contributed by atoms with E-state index in [9.17, 15) is 4.79 Å². The summed E-state index contributed by atoms with van der Waals surface area (Å²) in [7, 11) is 1.70. The summed E-state index contributed by atoms with van der Waals surface area (Å²) >= 11 is 0. The second kappa shape index (κ2) is 9.96. The van der Waals surface area contributed by atoms with E-state index in [1.165, 1.54) is 37.7 Å². The maximum atomic E-state index is 12.2. The fourth-order valence-corrected chi connectivity index (χ4v) is 2.53. The molecule has 1 aliphatic carbocycles. The zero-order valence-corrected chi connectivity index (χ0v) is 12.5. The molecule has 0 aromatic rings. The lowest BCUT2D eigenvalue weighted by atomic mass is 9.92. The van der Waals surface area contributed by atoms with Gasteiger partial charge in [-0.1, -0.05) is 62.8 Å². The van der Waals surface area contributed by atoms with Gasteiger partial charge >= 0.3 is 0 Å². The number of methoxy groups -OCH3 is 1. The molecule has 0 aromatic heterocycles. The van der Waals surface area contributed by atoms with E-state index in [0.29, 0.717) is 12.4 Å². The van der Waals surface area contributed by atoms with Crippen LogP contribution < -0.4 is 0 Å². The topological polar surface area (TPSA) is 26.3 Å². The summed E-state index contributed by atoms with van der Waals surface area (Å²) in [4.78, 5) is 12.2. The molecule has 1 atom stereocenters. The van der Waals surface area contributed by atoms with Gasteiger partial charge < -0.3 is 4.74 Å². The van der Waals surface area contributed by atoms with E-state index in [2.05, 4.69) is 13.0 Å². The van der Waals surface area contributed by atoms with Crippen molar-refractivity contribution in [1.29, 1.82) is 0 Å². The number of allylic oxidation sites excluding steroid dienone is 3. The fraction of sp³-hybridized carbons (Fsp3) is 0.706. The Labute approximate surface area is 117 Å². The lowest BCUT2D eigenvalue weighted by Crippen LogP contribution is -2.14. The Bertz CT molecular complexity index is 315. The van der Waals surface area contributed by atoms with Gasteiger partial charge in [0.15, 0.2) is 0 Å². The number of Topliss-reactive ketones (excluding diaryl/α,β-unsaturated/α-hetero) is 1. The zero-order chi connectivity index (χ0) is 13.9. The van der Waals surface area contributed by atoms with Crippen LogP contribution >= 0.6 is 0 Å². The Hall–Kier alpha value is -0.890. The van der Waals surface area contributed by atoms with Crippen molar-refractivity contribution >= 4 is 5.78 Å². The minimum Gasteiger partial charge on any atom is -0.384 e. The molecule has 0 amide bonds. The van der Waals surface area contributed by atoms with Crippen molar-refractivity contribution in [2.24, 2.45) is 5.92 Å². The Kier molecular flexibility index (Phi) is 8.48. The highest BCUT2D eigenvalue weighted by molar-refractivity contribution is 5.86. The van der Waals surface area contributed by atoms with Gasteiger partial charge in [0.2, 0.25) is 0 Å². The second-order valence-electron chi connectivity index (χ2n) is 5.33. The molecule has 0 bridgehead atoms.